The lowest BCUT2D eigenvalue weighted by Gasteiger charge is -2.48. The van der Waals surface area contributed by atoms with Crippen molar-refractivity contribution in [3.8, 4) is 22.9 Å². The third-order valence-electron chi connectivity index (χ3n) is 5.75. The molecule has 1 N–H and O–H groups in total. The van der Waals surface area contributed by atoms with Gasteiger partial charge >= 0.3 is 11.9 Å². The van der Waals surface area contributed by atoms with Crippen molar-refractivity contribution in [1.29, 1.82) is 5.26 Å². The maximum absolute atomic E-state index is 14.0. The van der Waals surface area contributed by atoms with Gasteiger partial charge in [0, 0.05) is 6.20 Å². The van der Waals surface area contributed by atoms with Crippen LogP contribution < -0.4 is 16.1 Å². The predicted molar refractivity (Wildman–Crippen MR) is 118 cm³/mol. The van der Waals surface area contributed by atoms with Crippen LogP contribution in [0.1, 0.15) is 12.0 Å². The number of benzene rings is 1. The van der Waals surface area contributed by atoms with Crippen LogP contribution in [0.15, 0.2) is 46.2 Å². The summed E-state index contributed by atoms with van der Waals surface area (Å²) in [4.78, 5) is 31.6. The molecule has 0 unspecified atom stereocenters. The molecule has 3 heterocycles. The van der Waals surface area contributed by atoms with E-state index < -0.39 is 71.8 Å². The van der Waals surface area contributed by atoms with Gasteiger partial charge in [-0.15, -0.1) is 0 Å². The van der Waals surface area contributed by atoms with Crippen LogP contribution in [0.2, 0.25) is 5.02 Å². The van der Waals surface area contributed by atoms with E-state index >= 15 is 0 Å². The van der Waals surface area contributed by atoms with E-state index in [0.717, 1.165) is 17.2 Å². The van der Waals surface area contributed by atoms with Gasteiger partial charge in [-0.05, 0) is 23.8 Å². The number of β-amino-alcohol motifs (C(OH)–C–C–N with tert-alkyl or cyclic N) is 1. The van der Waals surface area contributed by atoms with Crippen molar-refractivity contribution >= 4 is 17.4 Å². The number of alkyl halides is 5. The van der Waals surface area contributed by atoms with Gasteiger partial charge in [-0.1, -0.05) is 17.7 Å². The van der Waals surface area contributed by atoms with Crippen LogP contribution in [0.5, 0.6) is 0 Å². The molecule has 1 saturated heterocycles. The number of rotatable bonds is 5. The van der Waals surface area contributed by atoms with Crippen LogP contribution in [0, 0.1) is 17.1 Å². The molecule has 4 rings (SSSR count). The Morgan fingerprint density at radius 1 is 1.19 bits per heavy atom. The molecule has 0 radical (unpaired) electrons. The zero-order valence-electron chi connectivity index (χ0n) is 18.3. The maximum Gasteiger partial charge on any atom is 0.420 e. The van der Waals surface area contributed by atoms with Gasteiger partial charge in [0.15, 0.2) is 5.60 Å². The summed E-state index contributed by atoms with van der Waals surface area (Å²) in [5.74, 6) is -1.84. The van der Waals surface area contributed by atoms with Crippen molar-refractivity contribution < 1.29 is 31.4 Å². The Bertz CT molecular complexity index is 1540. The zero-order valence-corrected chi connectivity index (χ0v) is 19.1. The van der Waals surface area contributed by atoms with Crippen molar-refractivity contribution in [3.63, 3.8) is 0 Å². The van der Waals surface area contributed by atoms with Crippen LogP contribution in [0.3, 0.4) is 0 Å². The van der Waals surface area contributed by atoms with Crippen LogP contribution in [0.4, 0.5) is 32.2 Å². The number of aromatic nitrogens is 3. The molecule has 0 amide bonds. The summed E-state index contributed by atoms with van der Waals surface area (Å²) >= 11 is 5.91. The molecule has 1 fully saturated rings. The van der Waals surface area contributed by atoms with Gasteiger partial charge in [-0.3, -0.25) is 14.3 Å². The Labute approximate surface area is 208 Å². The molecule has 37 heavy (non-hydrogen) atoms. The number of nitrogens with zero attached hydrogens (tertiary/aromatic N) is 5. The number of halogens is 7. The Hall–Kier alpha value is -3.83. The van der Waals surface area contributed by atoms with Gasteiger partial charge < -0.3 is 10.0 Å². The number of pyridine rings is 1. The van der Waals surface area contributed by atoms with E-state index in [-0.39, 0.29) is 16.3 Å². The first kappa shape index (κ1) is 26.2. The highest BCUT2D eigenvalue weighted by Crippen LogP contribution is 2.42. The fraction of sp³-hybridized carbons (Fsp3) is 0.273. The number of hydrogen-bond acceptors (Lipinski definition) is 6. The summed E-state index contributed by atoms with van der Waals surface area (Å²) < 4.78 is 82.0. The van der Waals surface area contributed by atoms with E-state index in [9.17, 15) is 46.3 Å². The standard InChI is InChI=1S/C22H14ClF6N5O3/c23-12-6-13(8-31-7-12)34-19(35)16(11-1-2-15(24)14(5-11)17(25)26)18(33(4-3-30)20(34)36)32-9-21(37,10-32)22(27,28)29/h1-2,5-8,17,37H,4,9-10H2. The number of aliphatic hydroxyl groups is 1. The molecular weight excluding hydrogens is 532 g/mol. The second-order valence-electron chi connectivity index (χ2n) is 8.15. The molecular formula is C22H14ClF6N5O3. The number of hydrogen-bond donors (Lipinski definition) is 1. The minimum absolute atomic E-state index is 0.000938. The van der Waals surface area contributed by atoms with Gasteiger partial charge in [0.05, 0.1) is 47.2 Å². The molecule has 1 aromatic carbocycles. The predicted octanol–water partition coefficient (Wildman–Crippen LogP) is 3.43. The molecule has 1 aliphatic heterocycles. The summed E-state index contributed by atoms with van der Waals surface area (Å²) in [5, 5.41) is 19.3. The van der Waals surface area contributed by atoms with E-state index in [0.29, 0.717) is 21.3 Å². The highest BCUT2D eigenvalue weighted by molar-refractivity contribution is 6.30. The van der Waals surface area contributed by atoms with Crippen LogP contribution in [-0.2, 0) is 6.54 Å². The maximum atomic E-state index is 14.0. The van der Waals surface area contributed by atoms with Crippen LogP contribution in [-0.4, -0.2) is 44.1 Å². The van der Waals surface area contributed by atoms with E-state index in [1.807, 2.05) is 0 Å². The van der Waals surface area contributed by atoms with Crippen molar-refractivity contribution in [3.05, 3.63) is 73.9 Å². The summed E-state index contributed by atoms with van der Waals surface area (Å²) in [7, 11) is 0. The summed E-state index contributed by atoms with van der Waals surface area (Å²) in [6, 6.07) is 5.01. The summed E-state index contributed by atoms with van der Waals surface area (Å²) in [6.45, 7) is -3.03. The Balaban J connectivity index is 2.08. The van der Waals surface area contributed by atoms with Crippen molar-refractivity contribution in [2.45, 2.75) is 24.7 Å². The highest BCUT2D eigenvalue weighted by atomic mass is 35.5. The first-order chi connectivity index (χ1) is 17.3. The molecule has 0 bridgehead atoms. The third-order valence-corrected chi connectivity index (χ3v) is 5.95. The smallest absolute Gasteiger partial charge is 0.378 e. The second-order valence-corrected chi connectivity index (χ2v) is 8.59. The van der Waals surface area contributed by atoms with Gasteiger partial charge in [-0.2, -0.15) is 18.4 Å². The second kappa shape index (κ2) is 9.24. The largest absolute Gasteiger partial charge is 0.420 e. The molecule has 1 aliphatic rings. The molecule has 0 aliphatic carbocycles. The van der Waals surface area contributed by atoms with Crippen LogP contribution >= 0.6 is 11.6 Å². The van der Waals surface area contributed by atoms with E-state index in [1.165, 1.54) is 12.3 Å². The molecule has 2 aromatic heterocycles. The molecule has 0 saturated carbocycles. The van der Waals surface area contributed by atoms with E-state index in [1.54, 1.807) is 6.07 Å². The summed E-state index contributed by atoms with van der Waals surface area (Å²) in [6.07, 6.45) is -6.13. The minimum atomic E-state index is -5.07. The van der Waals surface area contributed by atoms with Gasteiger partial charge in [0.2, 0.25) is 0 Å². The van der Waals surface area contributed by atoms with Crippen molar-refractivity contribution in [2.24, 2.45) is 0 Å². The van der Waals surface area contributed by atoms with Crippen LogP contribution in [0.25, 0.3) is 16.8 Å². The Kier molecular flexibility index (Phi) is 6.55. The quantitative estimate of drug-likeness (QED) is 0.493. The normalized spacial score (nSPS) is 15.0. The van der Waals surface area contributed by atoms with E-state index in [4.69, 9.17) is 11.6 Å². The monoisotopic (exact) mass is 545 g/mol. The molecule has 15 heteroatoms. The molecule has 0 atom stereocenters. The molecule has 3 aromatic rings. The third kappa shape index (κ3) is 4.44. The van der Waals surface area contributed by atoms with Gasteiger partial charge in [0.1, 0.15) is 18.2 Å². The first-order valence-corrected chi connectivity index (χ1v) is 10.7. The molecule has 8 nitrogen and oxygen atoms in total. The van der Waals surface area contributed by atoms with Gasteiger partial charge in [0.25, 0.3) is 12.0 Å². The Morgan fingerprint density at radius 3 is 2.43 bits per heavy atom. The fourth-order valence-electron chi connectivity index (χ4n) is 3.97. The SMILES string of the molecule is N#CCn1c(N2CC(O)(C(F)(F)F)C2)c(-c2ccc(F)c(C(F)F)c2)c(=O)n(-c2cncc(Cl)c2)c1=O. The molecule has 194 valence electrons. The lowest BCUT2D eigenvalue weighted by molar-refractivity contribution is -0.267. The van der Waals surface area contributed by atoms with Crippen molar-refractivity contribution in [2.75, 3.05) is 18.0 Å². The molecule has 0 spiro atoms. The lowest BCUT2D eigenvalue weighted by Crippen LogP contribution is -2.70. The minimum Gasteiger partial charge on any atom is -0.378 e. The number of nitriles is 1. The van der Waals surface area contributed by atoms with Crippen molar-refractivity contribution in [1.82, 2.24) is 14.1 Å². The zero-order chi connectivity index (χ0) is 27.3. The average molecular weight is 546 g/mol. The van der Waals surface area contributed by atoms with E-state index in [2.05, 4.69) is 4.98 Å². The average Bonchev–Trinajstić information content (AvgIpc) is 2.78. The highest BCUT2D eigenvalue weighted by Gasteiger charge is 2.61. The lowest BCUT2D eigenvalue weighted by atomic mass is 9.92. The number of anilines is 1. The first-order valence-electron chi connectivity index (χ1n) is 10.3. The van der Waals surface area contributed by atoms with Gasteiger partial charge in [-0.25, -0.2) is 22.5 Å². The Morgan fingerprint density at radius 2 is 1.86 bits per heavy atom. The summed E-state index contributed by atoms with van der Waals surface area (Å²) in [5.41, 5.74) is -7.79. The topological polar surface area (TPSA) is 104 Å². The fourth-order valence-corrected chi connectivity index (χ4v) is 4.13.